The van der Waals surface area contributed by atoms with Crippen LogP contribution in [-0.4, -0.2) is 10.5 Å². The Morgan fingerprint density at radius 2 is 2.00 bits per heavy atom. The molecule has 2 heteroatoms. The SMILES string of the molecule is CC12CCCc3c1n(c1ccccc31)C(=O)CC2. The van der Waals surface area contributed by atoms with Crippen molar-refractivity contribution in [1.82, 2.24) is 4.57 Å². The van der Waals surface area contributed by atoms with Gasteiger partial charge in [0.15, 0.2) is 0 Å². The maximum Gasteiger partial charge on any atom is 0.231 e. The largest absolute Gasteiger partial charge is 0.283 e. The van der Waals surface area contributed by atoms with Crippen molar-refractivity contribution in [1.29, 1.82) is 0 Å². The van der Waals surface area contributed by atoms with Gasteiger partial charge in [0.1, 0.15) is 0 Å². The number of rotatable bonds is 0. The zero-order chi connectivity index (χ0) is 12.3. The van der Waals surface area contributed by atoms with Crippen molar-refractivity contribution in [3.8, 4) is 0 Å². The number of aryl methyl sites for hydroxylation is 1. The van der Waals surface area contributed by atoms with Gasteiger partial charge < -0.3 is 0 Å². The van der Waals surface area contributed by atoms with Crippen molar-refractivity contribution in [3.05, 3.63) is 35.5 Å². The van der Waals surface area contributed by atoms with E-state index in [-0.39, 0.29) is 11.3 Å². The highest BCUT2D eigenvalue weighted by Crippen LogP contribution is 2.47. The Hall–Kier alpha value is -1.57. The van der Waals surface area contributed by atoms with E-state index in [2.05, 4.69) is 25.1 Å². The zero-order valence-corrected chi connectivity index (χ0v) is 10.7. The van der Waals surface area contributed by atoms with Crippen LogP contribution in [-0.2, 0) is 11.8 Å². The minimum absolute atomic E-state index is 0.223. The average Bonchev–Trinajstić information content (AvgIpc) is 2.73. The summed E-state index contributed by atoms with van der Waals surface area (Å²) in [5, 5.41) is 1.30. The smallest absolute Gasteiger partial charge is 0.231 e. The summed E-state index contributed by atoms with van der Waals surface area (Å²) in [5.41, 5.74) is 4.11. The predicted octanol–water partition coefficient (Wildman–Crippen LogP) is 3.67. The third kappa shape index (κ3) is 1.11. The van der Waals surface area contributed by atoms with Gasteiger partial charge in [0.2, 0.25) is 5.91 Å². The molecule has 4 rings (SSSR count). The minimum Gasteiger partial charge on any atom is -0.283 e. The molecule has 0 bridgehead atoms. The molecule has 0 saturated heterocycles. The fourth-order valence-electron chi connectivity index (χ4n) is 3.96. The molecule has 2 aromatic rings. The Morgan fingerprint density at radius 3 is 2.89 bits per heavy atom. The molecule has 2 aliphatic rings. The van der Waals surface area contributed by atoms with Gasteiger partial charge in [0, 0.05) is 22.9 Å². The highest BCUT2D eigenvalue weighted by atomic mass is 16.2. The number of aromatic nitrogens is 1. The van der Waals surface area contributed by atoms with Gasteiger partial charge in [-0.3, -0.25) is 9.36 Å². The van der Waals surface area contributed by atoms with Crippen LogP contribution in [0.25, 0.3) is 10.9 Å². The average molecular weight is 239 g/mol. The number of hydrogen-bond acceptors (Lipinski definition) is 1. The van der Waals surface area contributed by atoms with E-state index in [1.54, 1.807) is 0 Å². The van der Waals surface area contributed by atoms with Crippen LogP contribution in [0.2, 0.25) is 0 Å². The molecule has 0 radical (unpaired) electrons. The Bertz CT molecular complexity index is 667. The molecule has 0 fully saturated rings. The summed E-state index contributed by atoms with van der Waals surface area (Å²) >= 11 is 0. The van der Waals surface area contributed by atoms with Crippen LogP contribution >= 0.6 is 0 Å². The molecular formula is C16H17NO. The maximum atomic E-state index is 12.3. The summed E-state index contributed by atoms with van der Waals surface area (Å²) in [5.74, 6) is 0.284. The molecule has 1 aromatic carbocycles. The topological polar surface area (TPSA) is 22.0 Å². The molecule has 1 aromatic heterocycles. The number of benzene rings is 1. The Balaban J connectivity index is 2.19. The van der Waals surface area contributed by atoms with Crippen molar-refractivity contribution in [3.63, 3.8) is 0 Å². The monoisotopic (exact) mass is 239 g/mol. The Morgan fingerprint density at radius 1 is 1.17 bits per heavy atom. The molecule has 0 N–H and O–H groups in total. The van der Waals surface area contributed by atoms with E-state index in [1.165, 1.54) is 29.5 Å². The van der Waals surface area contributed by atoms with Gasteiger partial charge in [0.05, 0.1) is 5.52 Å². The van der Waals surface area contributed by atoms with E-state index in [0.717, 1.165) is 18.4 Å². The highest BCUT2D eigenvalue weighted by molar-refractivity contribution is 5.97. The molecule has 0 amide bonds. The number of para-hydroxylation sites is 1. The van der Waals surface area contributed by atoms with Crippen molar-refractivity contribution in [2.24, 2.45) is 0 Å². The summed E-state index contributed by atoms with van der Waals surface area (Å²) in [4.78, 5) is 12.3. The van der Waals surface area contributed by atoms with Crippen LogP contribution in [0.5, 0.6) is 0 Å². The van der Waals surface area contributed by atoms with Gasteiger partial charge in [-0.1, -0.05) is 25.1 Å². The van der Waals surface area contributed by atoms with Crippen LogP contribution in [0, 0.1) is 0 Å². The van der Waals surface area contributed by atoms with Crippen LogP contribution in [0.15, 0.2) is 24.3 Å². The molecular weight excluding hydrogens is 222 g/mol. The Labute approximate surface area is 107 Å². The first-order valence-corrected chi connectivity index (χ1v) is 6.87. The molecule has 2 heterocycles. The predicted molar refractivity (Wildman–Crippen MR) is 72.1 cm³/mol. The molecule has 92 valence electrons. The third-order valence-electron chi connectivity index (χ3n) is 4.85. The normalized spacial score (nSPS) is 26.4. The van der Waals surface area contributed by atoms with Gasteiger partial charge in [0.25, 0.3) is 0 Å². The van der Waals surface area contributed by atoms with Crippen LogP contribution in [0.3, 0.4) is 0 Å². The minimum atomic E-state index is 0.223. The first-order valence-electron chi connectivity index (χ1n) is 6.87. The van der Waals surface area contributed by atoms with Crippen LogP contribution in [0.4, 0.5) is 0 Å². The maximum absolute atomic E-state index is 12.3. The lowest BCUT2D eigenvalue weighted by molar-refractivity contribution is 0.0852. The van der Waals surface area contributed by atoms with Gasteiger partial charge >= 0.3 is 0 Å². The summed E-state index contributed by atoms with van der Waals surface area (Å²) in [6.07, 6.45) is 5.33. The van der Waals surface area contributed by atoms with Gasteiger partial charge in [-0.15, -0.1) is 0 Å². The summed E-state index contributed by atoms with van der Waals surface area (Å²) in [6, 6.07) is 8.39. The molecule has 1 aliphatic heterocycles. The molecule has 18 heavy (non-hydrogen) atoms. The molecule has 1 unspecified atom stereocenters. The first-order chi connectivity index (χ1) is 8.71. The van der Waals surface area contributed by atoms with Gasteiger partial charge in [-0.05, 0) is 37.3 Å². The van der Waals surface area contributed by atoms with E-state index in [9.17, 15) is 4.79 Å². The van der Waals surface area contributed by atoms with E-state index in [0.29, 0.717) is 6.42 Å². The van der Waals surface area contributed by atoms with Crippen molar-refractivity contribution in [2.45, 2.75) is 44.4 Å². The number of fused-ring (bicyclic) bond motifs is 3. The van der Waals surface area contributed by atoms with Gasteiger partial charge in [-0.25, -0.2) is 0 Å². The van der Waals surface area contributed by atoms with Crippen LogP contribution in [0.1, 0.15) is 48.7 Å². The summed E-state index contributed by atoms with van der Waals surface area (Å²) in [7, 11) is 0. The lowest BCUT2D eigenvalue weighted by atomic mass is 9.70. The lowest BCUT2D eigenvalue weighted by Gasteiger charge is -2.38. The van der Waals surface area contributed by atoms with E-state index >= 15 is 0 Å². The van der Waals surface area contributed by atoms with E-state index < -0.39 is 0 Å². The van der Waals surface area contributed by atoms with Crippen molar-refractivity contribution < 1.29 is 4.79 Å². The second-order valence-corrected chi connectivity index (χ2v) is 5.99. The third-order valence-corrected chi connectivity index (χ3v) is 4.85. The van der Waals surface area contributed by atoms with Gasteiger partial charge in [-0.2, -0.15) is 0 Å². The second kappa shape index (κ2) is 3.25. The second-order valence-electron chi connectivity index (χ2n) is 5.99. The number of carbonyl (C=O) groups excluding carboxylic acids is 1. The summed E-state index contributed by atoms with van der Waals surface area (Å²) in [6.45, 7) is 2.34. The molecule has 0 spiro atoms. The van der Waals surface area contributed by atoms with Crippen molar-refractivity contribution in [2.75, 3.05) is 0 Å². The van der Waals surface area contributed by atoms with E-state index in [1.807, 2.05) is 10.6 Å². The van der Waals surface area contributed by atoms with Crippen LogP contribution < -0.4 is 0 Å². The zero-order valence-electron chi connectivity index (χ0n) is 10.7. The number of nitrogens with zero attached hydrogens (tertiary/aromatic N) is 1. The number of carbonyl (C=O) groups is 1. The highest BCUT2D eigenvalue weighted by Gasteiger charge is 2.41. The summed E-state index contributed by atoms with van der Waals surface area (Å²) < 4.78 is 2.02. The molecule has 2 nitrogen and oxygen atoms in total. The Kier molecular flexibility index (Phi) is 1.87. The van der Waals surface area contributed by atoms with Crippen molar-refractivity contribution >= 4 is 16.8 Å². The fraction of sp³-hybridized carbons (Fsp3) is 0.438. The van der Waals surface area contributed by atoms with E-state index in [4.69, 9.17) is 0 Å². The molecule has 0 saturated carbocycles. The number of hydrogen-bond donors (Lipinski definition) is 0. The quantitative estimate of drug-likeness (QED) is 0.687. The fourth-order valence-corrected chi connectivity index (χ4v) is 3.96. The first kappa shape index (κ1) is 10.4. The lowest BCUT2D eigenvalue weighted by Crippen LogP contribution is -2.37. The standard InChI is InChI=1S/C16H17NO/c1-16-9-4-6-12-11-5-2-3-7-13(11)17(15(12)16)14(18)8-10-16/h2-3,5,7H,4,6,8-10H2,1H3. The molecule has 1 aliphatic carbocycles. The molecule has 1 atom stereocenters.